The van der Waals surface area contributed by atoms with Gasteiger partial charge in [0.25, 0.3) is 0 Å². The molecule has 0 bridgehead atoms. The fourth-order valence-electron chi connectivity index (χ4n) is 3.89. The van der Waals surface area contributed by atoms with Gasteiger partial charge < -0.3 is 4.74 Å². The molecule has 196 valence electrons. The van der Waals surface area contributed by atoms with Crippen molar-refractivity contribution in [3.05, 3.63) is 119 Å². The van der Waals surface area contributed by atoms with Crippen LogP contribution >= 0.6 is 0 Å². The lowest BCUT2D eigenvalue weighted by molar-refractivity contribution is -0.131. The summed E-state index contributed by atoms with van der Waals surface area (Å²) >= 11 is 0. The second-order valence-electron chi connectivity index (χ2n) is 8.57. The minimum absolute atomic E-state index is 0.0661. The van der Waals surface area contributed by atoms with Gasteiger partial charge in [0.15, 0.2) is 11.6 Å². The highest BCUT2D eigenvalue weighted by Gasteiger charge is 2.28. The fourth-order valence-corrected chi connectivity index (χ4v) is 3.89. The Morgan fingerprint density at radius 2 is 1.29 bits per heavy atom. The minimum Gasteiger partial charge on any atom is -0.429 e. The second-order valence-corrected chi connectivity index (χ2v) is 8.57. The minimum atomic E-state index is -4.10. The first kappa shape index (κ1) is 27.0. The normalized spacial score (nSPS) is 11.8. The SMILES string of the molecule is CCCc1ccc(-c2ccc(-c3cc(F)c(/C=C/C(F)(F)Oc4ccc(F)c(F)c4)c(F)c3)c(F)c2)cc1. The maximum atomic E-state index is 14.9. The number of rotatable bonds is 8. The van der Waals surface area contributed by atoms with Crippen LogP contribution in [0.5, 0.6) is 5.75 Å². The van der Waals surface area contributed by atoms with Crippen LogP contribution in [0.15, 0.2) is 78.9 Å². The van der Waals surface area contributed by atoms with Crippen molar-refractivity contribution in [2.24, 2.45) is 0 Å². The van der Waals surface area contributed by atoms with Crippen LogP contribution in [0.2, 0.25) is 0 Å². The number of benzene rings is 4. The molecule has 0 aliphatic heterocycles. The van der Waals surface area contributed by atoms with Crippen LogP contribution in [-0.4, -0.2) is 6.11 Å². The van der Waals surface area contributed by atoms with E-state index < -0.39 is 46.5 Å². The van der Waals surface area contributed by atoms with Crippen LogP contribution in [-0.2, 0) is 6.42 Å². The van der Waals surface area contributed by atoms with E-state index >= 15 is 0 Å². The molecule has 4 aromatic carbocycles. The molecule has 0 aromatic heterocycles. The number of alkyl halides is 2. The van der Waals surface area contributed by atoms with Crippen molar-refractivity contribution in [2.75, 3.05) is 0 Å². The molecule has 8 heteroatoms. The lowest BCUT2D eigenvalue weighted by Crippen LogP contribution is -2.21. The summed E-state index contributed by atoms with van der Waals surface area (Å²) < 4.78 is 103. The summed E-state index contributed by atoms with van der Waals surface area (Å²) in [6, 6.07) is 15.3. The third-order valence-corrected chi connectivity index (χ3v) is 5.77. The summed E-state index contributed by atoms with van der Waals surface area (Å²) in [6.07, 6.45) is -1.66. The number of ether oxygens (including phenoxy) is 1. The average Bonchev–Trinajstić information content (AvgIpc) is 2.86. The van der Waals surface area contributed by atoms with E-state index in [4.69, 9.17) is 0 Å². The predicted octanol–water partition coefficient (Wildman–Crippen LogP) is 9.35. The Balaban J connectivity index is 1.55. The average molecular weight is 530 g/mol. The van der Waals surface area contributed by atoms with Gasteiger partial charge in [-0.2, -0.15) is 8.78 Å². The molecule has 1 nitrogen and oxygen atoms in total. The molecule has 0 saturated carbocycles. The molecule has 0 amide bonds. The van der Waals surface area contributed by atoms with E-state index in [0.29, 0.717) is 23.8 Å². The summed E-state index contributed by atoms with van der Waals surface area (Å²) in [7, 11) is 0. The number of hydrogen-bond donors (Lipinski definition) is 0. The summed E-state index contributed by atoms with van der Waals surface area (Å²) in [5.41, 5.74) is 1.51. The summed E-state index contributed by atoms with van der Waals surface area (Å²) in [4.78, 5) is 0. The van der Waals surface area contributed by atoms with Crippen molar-refractivity contribution < 1.29 is 35.5 Å². The Labute approximate surface area is 214 Å². The standard InChI is InChI=1S/C30H21F7O/c1-2-3-18-4-6-19(7-5-18)20-8-10-23(26(32)14-20)21-15-27(33)24(28(34)16-21)12-13-30(36,37)38-22-9-11-25(31)29(35)17-22/h4-17H,2-3H2,1H3/b13-12+. The first-order valence-corrected chi connectivity index (χ1v) is 11.7. The van der Waals surface area contributed by atoms with Crippen LogP contribution in [0.1, 0.15) is 24.5 Å². The van der Waals surface area contributed by atoms with Crippen LogP contribution in [0, 0.1) is 29.1 Å². The van der Waals surface area contributed by atoms with Gasteiger partial charge in [-0.15, -0.1) is 0 Å². The highest BCUT2D eigenvalue weighted by atomic mass is 19.3. The highest BCUT2D eigenvalue weighted by Crippen LogP contribution is 2.32. The Morgan fingerprint density at radius 3 is 1.89 bits per heavy atom. The monoisotopic (exact) mass is 530 g/mol. The molecule has 38 heavy (non-hydrogen) atoms. The zero-order valence-corrected chi connectivity index (χ0v) is 20.1. The Morgan fingerprint density at radius 1 is 0.658 bits per heavy atom. The van der Waals surface area contributed by atoms with Crippen LogP contribution in [0.3, 0.4) is 0 Å². The van der Waals surface area contributed by atoms with E-state index in [-0.39, 0.29) is 17.2 Å². The van der Waals surface area contributed by atoms with Crippen molar-refractivity contribution in [2.45, 2.75) is 25.9 Å². The summed E-state index contributed by atoms with van der Waals surface area (Å²) in [5, 5.41) is 0. The molecular formula is C30H21F7O. The third kappa shape index (κ3) is 6.25. The van der Waals surface area contributed by atoms with Gasteiger partial charge in [-0.05, 0) is 65.1 Å². The van der Waals surface area contributed by atoms with Crippen LogP contribution in [0.25, 0.3) is 28.3 Å². The van der Waals surface area contributed by atoms with Gasteiger partial charge in [0, 0.05) is 23.3 Å². The smallest absolute Gasteiger partial charge is 0.419 e. The Hall–Kier alpha value is -4.07. The van der Waals surface area contributed by atoms with Crippen molar-refractivity contribution >= 4 is 6.08 Å². The molecule has 0 unspecified atom stereocenters. The van der Waals surface area contributed by atoms with Crippen molar-refractivity contribution in [1.29, 1.82) is 0 Å². The van der Waals surface area contributed by atoms with Gasteiger partial charge >= 0.3 is 6.11 Å². The summed E-state index contributed by atoms with van der Waals surface area (Å²) in [6.45, 7) is 2.07. The second kappa shape index (κ2) is 11.1. The van der Waals surface area contributed by atoms with Gasteiger partial charge in [-0.3, -0.25) is 0 Å². The molecule has 0 aliphatic rings. The molecule has 4 aromatic rings. The van der Waals surface area contributed by atoms with E-state index in [2.05, 4.69) is 11.7 Å². The highest BCUT2D eigenvalue weighted by molar-refractivity contribution is 5.72. The van der Waals surface area contributed by atoms with E-state index in [1.807, 2.05) is 24.3 Å². The molecule has 0 heterocycles. The molecule has 0 spiro atoms. The maximum Gasteiger partial charge on any atom is 0.419 e. The van der Waals surface area contributed by atoms with Gasteiger partial charge in [0.1, 0.15) is 23.2 Å². The van der Waals surface area contributed by atoms with Gasteiger partial charge in [0.05, 0.1) is 0 Å². The van der Waals surface area contributed by atoms with Crippen molar-refractivity contribution in [1.82, 2.24) is 0 Å². The van der Waals surface area contributed by atoms with Gasteiger partial charge in [-0.25, -0.2) is 22.0 Å². The van der Waals surface area contributed by atoms with Crippen molar-refractivity contribution in [3.63, 3.8) is 0 Å². The van der Waals surface area contributed by atoms with E-state index in [9.17, 15) is 30.7 Å². The molecule has 0 atom stereocenters. The maximum absolute atomic E-state index is 14.9. The molecule has 4 rings (SSSR count). The zero-order valence-electron chi connectivity index (χ0n) is 20.1. The first-order chi connectivity index (χ1) is 18.1. The lowest BCUT2D eigenvalue weighted by atomic mass is 9.97. The van der Waals surface area contributed by atoms with Crippen LogP contribution in [0.4, 0.5) is 30.7 Å². The van der Waals surface area contributed by atoms with E-state index in [1.165, 1.54) is 12.1 Å². The number of hydrogen-bond acceptors (Lipinski definition) is 1. The first-order valence-electron chi connectivity index (χ1n) is 11.7. The Bertz CT molecular complexity index is 1450. The van der Waals surface area contributed by atoms with E-state index in [1.54, 1.807) is 6.07 Å². The lowest BCUT2D eigenvalue weighted by Gasteiger charge is -2.14. The van der Waals surface area contributed by atoms with E-state index in [0.717, 1.165) is 42.2 Å². The van der Waals surface area contributed by atoms with Crippen molar-refractivity contribution in [3.8, 4) is 28.0 Å². The van der Waals surface area contributed by atoms with Gasteiger partial charge in [-0.1, -0.05) is 49.7 Å². The number of halogens is 7. The topological polar surface area (TPSA) is 9.23 Å². The predicted molar refractivity (Wildman–Crippen MR) is 132 cm³/mol. The third-order valence-electron chi connectivity index (χ3n) is 5.77. The largest absolute Gasteiger partial charge is 0.429 e. The molecule has 0 fully saturated rings. The van der Waals surface area contributed by atoms with Crippen LogP contribution < -0.4 is 4.74 Å². The molecular weight excluding hydrogens is 509 g/mol. The zero-order chi connectivity index (χ0) is 27.4. The quantitative estimate of drug-likeness (QED) is 0.206. The fraction of sp³-hybridized carbons (Fsp3) is 0.133. The molecule has 0 radical (unpaired) electrons. The summed E-state index contributed by atoms with van der Waals surface area (Å²) in [5.74, 6) is -6.49. The Kier molecular flexibility index (Phi) is 7.90. The van der Waals surface area contributed by atoms with Gasteiger partial charge in [0.2, 0.25) is 0 Å². The number of aryl methyl sites for hydroxylation is 1. The molecule has 0 saturated heterocycles. The molecule has 0 aliphatic carbocycles. The molecule has 0 N–H and O–H groups in total.